The Balaban J connectivity index is 1.09. The molecule has 12 heteroatoms. The summed E-state index contributed by atoms with van der Waals surface area (Å²) in [6.45, 7) is 13.0. The SMILES string of the molecule is CCC(C)NC(=O)N(C=[NH2+])c1ccc(N2CCN(c3ccc(OCC4COC(Cn5nccn5)(C(C)C)O4)cc3)CC2)cc1. The molecule has 3 heterocycles. The van der Waals surface area contributed by atoms with E-state index in [1.54, 1.807) is 17.2 Å². The van der Waals surface area contributed by atoms with Crippen molar-refractivity contribution in [3.63, 3.8) is 0 Å². The molecule has 2 aromatic carbocycles. The summed E-state index contributed by atoms with van der Waals surface area (Å²) in [6, 6.07) is 16.0. The number of nitrogens with one attached hydrogen (secondary N) is 1. The van der Waals surface area contributed by atoms with Crippen molar-refractivity contribution >= 4 is 29.4 Å². The van der Waals surface area contributed by atoms with Crippen molar-refractivity contribution in [2.45, 2.75) is 58.6 Å². The minimum Gasteiger partial charge on any atom is -0.491 e. The maximum absolute atomic E-state index is 12.6. The van der Waals surface area contributed by atoms with Crippen molar-refractivity contribution in [3.8, 4) is 5.75 Å². The van der Waals surface area contributed by atoms with E-state index in [9.17, 15) is 4.79 Å². The number of aromatic nitrogens is 3. The molecule has 1 aromatic heterocycles. The van der Waals surface area contributed by atoms with Gasteiger partial charge in [0.05, 0.1) is 19.0 Å². The van der Waals surface area contributed by atoms with Gasteiger partial charge in [-0.3, -0.25) is 5.41 Å². The summed E-state index contributed by atoms with van der Waals surface area (Å²) in [5, 5.41) is 17.1. The van der Waals surface area contributed by atoms with Crippen molar-refractivity contribution < 1.29 is 24.4 Å². The zero-order valence-corrected chi connectivity index (χ0v) is 26.1. The molecule has 3 atom stereocenters. The van der Waals surface area contributed by atoms with Gasteiger partial charge in [-0.05, 0) is 61.9 Å². The Bertz CT molecular complexity index is 1340. The molecule has 2 aliphatic heterocycles. The number of hydrogen-bond acceptors (Lipinski definition) is 8. The molecular weight excluding hydrogens is 560 g/mol. The van der Waals surface area contributed by atoms with Gasteiger partial charge in [-0.1, -0.05) is 20.8 Å². The summed E-state index contributed by atoms with van der Waals surface area (Å²) in [7, 11) is 0. The molecule has 5 rings (SSSR count). The van der Waals surface area contributed by atoms with E-state index in [2.05, 4.69) is 51.3 Å². The Kier molecular flexibility index (Phi) is 10.0. The molecule has 3 N–H and O–H groups in total. The molecule has 3 aromatic rings. The van der Waals surface area contributed by atoms with Crippen molar-refractivity contribution in [2.75, 3.05) is 54.1 Å². The summed E-state index contributed by atoms with van der Waals surface area (Å²) in [6.07, 6.45) is 5.29. The van der Waals surface area contributed by atoms with Gasteiger partial charge in [-0.2, -0.15) is 15.0 Å². The lowest BCUT2D eigenvalue weighted by atomic mass is 10.0. The average Bonchev–Trinajstić information content (AvgIpc) is 3.72. The standard InChI is InChI=1S/C32H44N8O4/c1-5-25(4)36-31(41)39(23-33)28-8-6-26(7-9-28)37-16-18-38(19-17-37)27-10-12-29(13-11-27)42-20-30-21-43-32(44-30,24(2)3)22-40-34-14-15-35-40/h6-15,23-25,30,33H,5,16-22H2,1-4H3,(H,36,41)/p+1. The minimum absolute atomic E-state index is 0.0773. The van der Waals surface area contributed by atoms with E-state index in [-0.39, 0.29) is 24.1 Å². The van der Waals surface area contributed by atoms with E-state index in [0.29, 0.717) is 19.8 Å². The fourth-order valence-corrected chi connectivity index (χ4v) is 5.40. The number of carbonyl (C=O) groups excluding carboxylic acids is 1. The van der Waals surface area contributed by atoms with Gasteiger partial charge in [0.1, 0.15) is 30.7 Å². The van der Waals surface area contributed by atoms with Crippen LogP contribution in [0.4, 0.5) is 21.9 Å². The third-order valence-corrected chi connectivity index (χ3v) is 8.35. The highest BCUT2D eigenvalue weighted by molar-refractivity contribution is 6.06. The van der Waals surface area contributed by atoms with Gasteiger partial charge in [-0.25, -0.2) is 4.79 Å². The zero-order valence-electron chi connectivity index (χ0n) is 26.1. The number of hydrogen-bond donors (Lipinski definition) is 2. The molecule has 3 unspecified atom stereocenters. The van der Waals surface area contributed by atoms with Crippen molar-refractivity contribution in [3.05, 3.63) is 60.9 Å². The van der Waals surface area contributed by atoms with Crippen LogP contribution in [0.2, 0.25) is 0 Å². The van der Waals surface area contributed by atoms with Crippen molar-refractivity contribution in [2.24, 2.45) is 5.92 Å². The van der Waals surface area contributed by atoms with E-state index in [1.165, 1.54) is 16.9 Å². The number of benzene rings is 2. The van der Waals surface area contributed by atoms with Crippen LogP contribution in [0, 0.1) is 5.92 Å². The second-order valence-corrected chi connectivity index (χ2v) is 11.7. The molecule has 0 saturated carbocycles. The van der Waals surface area contributed by atoms with E-state index >= 15 is 0 Å². The molecule has 2 aliphatic rings. The molecule has 0 bridgehead atoms. The molecule has 0 aliphatic carbocycles. The molecular formula is C32H45N8O4+. The highest BCUT2D eigenvalue weighted by atomic mass is 16.8. The Morgan fingerprint density at radius 2 is 1.64 bits per heavy atom. The van der Waals surface area contributed by atoms with E-state index < -0.39 is 5.79 Å². The highest BCUT2D eigenvalue weighted by Crippen LogP contribution is 2.33. The highest BCUT2D eigenvalue weighted by Gasteiger charge is 2.45. The molecule has 2 saturated heterocycles. The fraction of sp³-hybridized carbons (Fsp3) is 0.500. The normalized spacial score (nSPS) is 20.9. The van der Waals surface area contributed by atoms with Crippen LogP contribution in [0.3, 0.4) is 0 Å². The Labute approximate surface area is 259 Å². The number of ether oxygens (including phenoxy) is 3. The lowest BCUT2D eigenvalue weighted by molar-refractivity contribution is -0.211. The maximum atomic E-state index is 12.6. The third-order valence-electron chi connectivity index (χ3n) is 8.35. The smallest absolute Gasteiger partial charge is 0.413 e. The zero-order chi connectivity index (χ0) is 31.1. The summed E-state index contributed by atoms with van der Waals surface area (Å²) < 4.78 is 18.5. The third kappa shape index (κ3) is 7.31. The first-order valence-corrected chi connectivity index (χ1v) is 15.4. The van der Waals surface area contributed by atoms with E-state index in [1.807, 2.05) is 50.2 Å². The first-order valence-electron chi connectivity index (χ1n) is 15.4. The van der Waals surface area contributed by atoms with Crippen LogP contribution in [-0.4, -0.2) is 84.7 Å². The first kappa shape index (κ1) is 31.3. The van der Waals surface area contributed by atoms with Crippen molar-refractivity contribution in [1.29, 1.82) is 0 Å². The van der Waals surface area contributed by atoms with Crippen LogP contribution >= 0.6 is 0 Å². The lowest BCUT2D eigenvalue weighted by Gasteiger charge is -2.37. The number of urea groups is 1. The van der Waals surface area contributed by atoms with Gasteiger partial charge in [0, 0.05) is 49.5 Å². The molecule has 0 radical (unpaired) electrons. The summed E-state index contributed by atoms with van der Waals surface area (Å²) in [5.41, 5.74) is 3.02. The summed E-state index contributed by atoms with van der Waals surface area (Å²) in [5.74, 6) is 0.160. The van der Waals surface area contributed by atoms with Crippen LogP contribution in [0.5, 0.6) is 5.75 Å². The number of piperazine rings is 1. The summed E-state index contributed by atoms with van der Waals surface area (Å²) in [4.78, 5) is 20.4. The molecule has 236 valence electrons. The van der Waals surface area contributed by atoms with Gasteiger partial charge in [-0.15, -0.1) is 4.90 Å². The minimum atomic E-state index is -0.770. The molecule has 44 heavy (non-hydrogen) atoms. The van der Waals surface area contributed by atoms with Gasteiger partial charge < -0.3 is 29.3 Å². The van der Waals surface area contributed by atoms with Crippen LogP contribution < -0.4 is 30.2 Å². The molecule has 0 spiro atoms. The Morgan fingerprint density at radius 1 is 1.05 bits per heavy atom. The first-order chi connectivity index (χ1) is 21.3. The molecule has 2 fully saturated rings. The number of nitrogens with two attached hydrogens (primary N) is 1. The Hall–Kier alpha value is -4.16. The number of amides is 2. The predicted octanol–water partition coefficient (Wildman–Crippen LogP) is 2.55. The number of nitrogens with zero attached hydrogens (tertiary/aromatic N) is 6. The molecule has 12 nitrogen and oxygen atoms in total. The van der Waals surface area contributed by atoms with Crippen LogP contribution in [-0.2, 0) is 16.0 Å². The fourth-order valence-electron chi connectivity index (χ4n) is 5.40. The van der Waals surface area contributed by atoms with Gasteiger partial charge >= 0.3 is 6.03 Å². The quantitative estimate of drug-likeness (QED) is 0.239. The van der Waals surface area contributed by atoms with Crippen LogP contribution in [0.1, 0.15) is 34.1 Å². The second-order valence-electron chi connectivity index (χ2n) is 11.7. The van der Waals surface area contributed by atoms with E-state index in [4.69, 9.17) is 19.6 Å². The van der Waals surface area contributed by atoms with Gasteiger partial charge in [0.15, 0.2) is 5.79 Å². The number of rotatable bonds is 12. The number of carbonyl (C=O) groups is 1. The second kappa shape index (κ2) is 14.1. The largest absolute Gasteiger partial charge is 0.491 e. The van der Waals surface area contributed by atoms with Crippen LogP contribution in [0.25, 0.3) is 0 Å². The topological polar surface area (TPSA) is 123 Å². The van der Waals surface area contributed by atoms with Crippen LogP contribution in [0.15, 0.2) is 60.9 Å². The average molecular weight is 606 g/mol. The van der Waals surface area contributed by atoms with E-state index in [0.717, 1.165) is 49.7 Å². The lowest BCUT2D eigenvalue weighted by Crippen LogP contribution is -2.50. The van der Waals surface area contributed by atoms with Gasteiger partial charge in [0.2, 0.25) is 6.34 Å². The van der Waals surface area contributed by atoms with Gasteiger partial charge in [0.25, 0.3) is 0 Å². The monoisotopic (exact) mass is 605 g/mol. The maximum Gasteiger partial charge on any atom is 0.413 e. The Morgan fingerprint density at radius 3 is 2.18 bits per heavy atom. The predicted molar refractivity (Wildman–Crippen MR) is 170 cm³/mol. The summed E-state index contributed by atoms with van der Waals surface area (Å²) >= 11 is 0. The number of anilines is 3. The van der Waals surface area contributed by atoms with Crippen molar-refractivity contribution in [1.82, 2.24) is 20.3 Å². The molecule has 2 amide bonds.